The van der Waals surface area contributed by atoms with Gasteiger partial charge in [-0.05, 0) is 23.3 Å². The van der Waals surface area contributed by atoms with Crippen molar-refractivity contribution < 1.29 is 0 Å². The molecule has 0 saturated heterocycles. The molecule has 0 atom stereocenters. The minimum atomic E-state index is 0.254. The van der Waals surface area contributed by atoms with Crippen LogP contribution in [0.3, 0.4) is 0 Å². The van der Waals surface area contributed by atoms with Gasteiger partial charge < -0.3 is 0 Å². The van der Waals surface area contributed by atoms with Gasteiger partial charge in [-0.2, -0.15) is 0 Å². The van der Waals surface area contributed by atoms with Gasteiger partial charge in [0.05, 0.1) is 7.85 Å². The van der Waals surface area contributed by atoms with Gasteiger partial charge in [-0.25, -0.2) is 0 Å². The summed E-state index contributed by atoms with van der Waals surface area (Å²) in [5.74, 6) is 0. The minimum Gasteiger partial charge on any atom is -0.120 e. The summed E-state index contributed by atoms with van der Waals surface area (Å²) < 4.78 is 0.254. The Labute approximate surface area is 122 Å². The molecule has 0 heterocycles. The van der Waals surface area contributed by atoms with Crippen LogP contribution in [-0.2, 0) is 6.32 Å². The molecule has 0 aliphatic rings. The Morgan fingerprint density at radius 3 is 1.74 bits per heavy atom. The van der Waals surface area contributed by atoms with Crippen LogP contribution in [0.15, 0.2) is 53.4 Å². The van der Waals surface area contributed by atoms with Crippen LogP contribution < -0.4 is 0 Å². The normalized spacial score (nSPS) is 11.5. The molecule has 19 heavy (non-hydrogen) atoms. The number of rotatable bonds is 3. The average Bonchev–Trinajstić information content (AvgIpc) is 2.38. The zero-order valence-corrected chi connectivity index (χ0v) is 12.6. The Balaban J connectivity index is 2.17. The van der Waals surface area contributed by atoms with Crippen LogP contribution in [-0.4, -0.2) is 12.6 Å². The highest BCUT2D eigenvalue weighted by atomic mass is 32.2. The minimum absolute atomic E-state index is 0.254. The second-order valence-corrected chi connectivity index (χ2v) is 7.54. The zero-order valence-electron chi connectivity index (χ0n) is 11.8. The van der Waals surface area contributed by atoms with Gasteiger partial charge in [0.1, 0.15) is 0 Å². The Morgan fingerprint density at radius 2 is 1.32 bits per heavy atom. The van der Waals surface area contributed by atoms with E-state index in [0.717, 1.165) is 0 Å². The molecule has 2 heteroatoms. The molecule has 2 aromatic rings. The van der Waals surface area contributed by atoms with Gasteiger partial charge in [0, 0.05) is 9.64 Å². The van der Waals surface area contributed by atoms with Crippen LogP contribution in [0.5, 0.6) is 0 Å². The van der Waals surface area contributed by atoms with Gasteiger partial charge >= 0.3 is 0 Å². The van der Waals surface area contributed by atoms with Gasteiger partial charge in [0.2, 0.25) is 0 Å². The molecule has 0 nitrogen and oxygen atoms in total. The van der Waals surface area contributed by atoms with Crippen LogP contribution in [0.25, 0.3) is 11.1 Å². The van der Waals surface area contributed by atoms with Gasteiger partial charge in [-0.1, -0.05) is 69.1 Å². The maximum absolute atomic E-state index is 5.61. The van der Waals surface area contributed by atoms with E-state index in [0.29, 0.717) is 6.32 Å². The Hall–Kier alpha value is -1.15. The second kappa shape index (κ2) is 5.87. The average molecular weight is 266 g/mol. The third-order valence-corrected chi connectivity index (χ3v) is 3.92. The fourth-order valence-corrected chi connectivity index (χ4v) is 2.88. The van der Waals surface area contributed by atoms with Crippen molar-refractivity contribution in [2.75, 3.05) is 0 Å². The Kier molecular flexibility index (Phi) is 4.41. The zero-order chi connectivity index (χ0) is 13.9. The number of hydrogen-bond donors (Lipinski definition) is 0. The lowest BCUT2D eigenvalue weighted by Gasteiger charge is -2.17. The molecule has 0 unspecified atom stereocenters. The van der Waals surface area contributed by atoms with Crippen molar-refractivity contribution in [1.29, 1.82) is 0 Å². The summed E-state index contributed by atoms with van der Waals surface area (Å²) in [7, 11) is 5.61. The van der Waals surface area contributed by atoms with Crippen LogP contribution in [0.1, 0.15) is 26.3 Å². The summed E-state index contributed by atoms with van der Waals surface area (Å²) in [6, 6.07) is 17.2. The van der Waals surface area contributed by atoms with Crippen molar-refractivity contribution in [3.63, 3.8) is 0 Å². The summed E-state index contributed by atoms with van der Waals surface area (Å²) in [4.78, 5) is 1.31. The smallest absolute Gasteiger partial charge is 0.0716 e. The first-order valence-electron chi connectivity index (χ1n) is 6.56. The predicted octanol–water partition coefficient (Wildman–Crippen LogP) is 4.91. The SMILES string of the molecule is [B]Cc1ccc(-c2ccc(SC(C)(C)C)cc2)cc1. The standard InChI is InChI=1S/C17H19BS/c1-17(2,3)19-16-10-8-15(9-11-16)14-6-4-13(12-18)5-7-14/h4-11H,12H2,1-3H3. The van der Waals surface area contributed by atoms with E-state index in [4.69, 9.17) is 7.85 Å². The van der Waals surface area contributed by atoms with Crippen molar-refractivity contribution >= 4 is 19.6 Å². The summed E-state index contributed by atoms with van der Waals surface area (Å²) in [5, 5.41) is 0. The number of hydrogen-bond acceptors (Lipinski definition) is 1. The van der Waals surface area contributed by atoms with Gasteiger partial charge in [0.25, 0.3) is 0 Å². The molecule has 2 radical (unpaired) electrons. The maximum Gasteiger partial charge on any atom is 0.0716 e. The molecule has 2 rings (SSSR count). The molecule has 0 aliphatic heterocycles. The highest BCUT2D eigenvalue weighted by Crippen LogP contribution is 2.33. The van der Waals surface area contributed by atoms with E-state index in [1.165, 1.54) is 21.6 Å². The van der Waals surface area contributed by atoms with E-state index in [-0.39, 0.29) is 4.75 Å². The van der Waals surface area contributed by atoms with Crippen LogP contribution in [0.2, 0.25) is 0 Å². The third kappa shape index (κ3) is 4.17. The number of benzene rings is 2. The van der Waals surface area contributed by atoms with Gasteiger partial charge in [-0.15, -0.1) is 11.8 Å². The van der Waals surface area contributed by atoms with Crippen LogP contribution in [0, 0.1) is 0 Å². The van der Waals surface area contributed by atoms with E-state index in [1.807, 2.05) is 11.8 Å². The van der Waals surface area contributed by atoms with E-state index in [2.05, 4.69) is 69.3 Å². The first kappa shape index (κ1) is 14.3. The van der Waals surface area contributed by atoms with Crippen LogP contribution >= 0.6 is 11.8 Å². The molecule has 0 saturated carbocycles. The summed E-state index contributed by atoms with van der Waals surface area (Å²) in [6.07, 6.45) is 0.599. The molecule has 0 aliphatic carbocycles. The lowest BCUT2D eigenvalue weighted by atomic mass is 9.95. The monoisotopic (exact) mass is 266 g/mol. The highest BCUT2D eigenvalue weighted by molar-refractivity contribution is 8.00. The molecule has 2 aromatic carbocycles. The van der Waals surface area contributed by atoms with Crippen molar-refractivity contribution in [2.24, 2.45) is 0 Å². The van der Waals surface area contributed by atoms with Crippen molar-refractivity contribution in [1.82, 2.24) is 0 Å². The second-order valence-electron chi connectivity index (χ2n) is 5.64. The van der Waals surface area contributed by atoms with E-state index in [1.54, 1.807) is 0 Å². The predicted molar refractivity (Wildman–Crippen MR) is 86.9 cm³/mol. The molecule has 0 amide bonds. The van der Waals surface area contributed by atoms with Gasteiger partial charge in [0.15, 0.2) is 0 Å². The quantitative estimate of drug-likeness (QED) is 0.561. The summed E-state index contributed by atoms with van der Waals surface area (Å²) >= 11 is 1.89. The first-order chi connectivity index (χ1) is 8.98. The summed E-state index contributed by atoms with van der Waals surface area (Å²) in [6.45, 7) is 6.70. The van der Waals surface area contributed by atoms with Crippen molar-refractivity contribution in [2.45, 2.75) is 36.7 Å². The summed E-state index contributed by atoms with van der Waals surface area (Å²) in [5.41, 5.74) is 3.66. The Bertz CT molecular complexity index is 521. The van der Waals surface area contributed by atoms with E-state index in [9.17, 15) is 0 Å². The highest BCUT2D eigenvalue weighted by Gasteiger charge is 2.11. The topological polar surface area (TPSA) is 0 Å². The lowest BCUT2D eigenvalue weighted by Crippen LogP contribution is -2.06. The first-order valence-corrected chi connectivity index (χ1v) is 7.38. The Morgan fingerprint density at radius 1 is 0.842 bits per heavy atom. The van der Waals surface area contributed by atoms with Crippen molar-refractivity contribution in [3.05, 3.63) is 54.1 Å². The molecule has 0 spiro atoms. The van der Waals surface area contributed by atoms with E-state index >= 15 is 0 Å². The molecule has 96 valence electrons. The number of thioether (sulfide) groups is 1. The van der Waals surface area contributed by atoms with Crippen LogP contribution in [0.4, 0.5) is 0 Å². The molecular weight excluding hydrogens is 247 g/mol. The molecule has 0 bridgehead atoms. The van der Waals surface area contributed by atoms with Gasteiger partial charge in [-0.3, -0.25) is 0 Å². The molecule has 0 N–H and O–H groups in total. The molecule has 0 aromatic heterocycles. The van der Waals surface area contributed by atoms with Crippen molar-refractivity contribution in [3.8, 4) is 11.1 Å². The third-order valence-electron chi connectivity index (χ3n) is 2.80. The largest absolute Gasteiger partial charge is 0.120 e. The fraction of sp³-hybridized carbons (Fsp3) is 0.294. The maximum atomic E-state index is 5.61. The molecule has 0 fully saturated rings. The fourth-order valence-electron chi connectivity index (χ4n) is 1.90. The molecular formula is C17H19BS. The lowest BCUT2D eigenvalue weighted by molar-refractivity contribution is 0.803. The van der Waals surface area contributed by atoms with E-state index < -0.39 is 0 Å².